The second kappa shape index (κ2) is 11.4. The minimum absolute atomic E-state index is 0. The zero-order chi connectivity index (χ0) is 22.7. The van der Waals surface area contributed by atoms with E-state index in [4.69, 9.17) is 0 Å². The molecule has 2 aromatic carbocycles. The number of nitrogens with one attached hydrogen (secondary N) is 1. The van der Waals surface area contributed by atoms with Crippen LogP contribution in [0, 0.1) is 18.9 Å². The second-order valence-electron chi connectivity index (χ2n) is 9.06. The fourth-order valence-corrected chi connectivity index (χ4v) is 4.82. The summed E-state index contributed by atoms with van der Waals surface area (Å²) in [6.07, 6.45) is 6.99. The number of fused-ring (bicyclic) bond motifs is 1. The van der Waals surface area contributed by atoms with Gasteiger partial charge in [-0.1, -0.05) is 43.7 Å². The van der Waals surface area contributed by atoms with Crippen molar-refractivity contribution < 1.29 is 42.3 Å². The van der Waals surface area contributed by atoms with Crippen LogP contribution < -0.4 is 10.2 Å². The van der Waals surface area contributed by atoms with Crippen LogP contribution in [-0.4, -0.2) is 36.0 Å². The van der Waals surface area contributed by atoms with Crippen LogP contribution in [0.3, 0.4) is 0 Å². The van der Waals surface area contributed by atoms with E-state index in [2.05, 4.69) is 31.0 Å². The molecule has 1 N–H and O–H groups in total. The molecule has 2 aliphatic heterocycles. The van der Waals surface area contributed by atoms with Crippen LogP contribution in [0.4, 0.5) is 10.5 Å². The molecule has 4 rings (SSSR count). The van der Waals surface area contributed by atoms with Gasteiger partial charge in [0.25, 0.3) is 5.91 Å². The van der Waals surface area contributed by atoms with E-state index in [0.717, 1.165) is 55.6 Å². The first-order valence-electron chi connectivity index (χ1n) is 11.5. The van der Waals surface area contributed by atoms with Crippen LogP contribution in [-0.2, 0) is 45.7 Å². The average Bonchev–Trinajstić information content (AvgIpc) is 3.05. The monoisotopic (exact) mass is 519 g/mol. The Bertz CT molecular complexity index is 1020. The Hall–Kier alpha value is -1.98. The Morgan fingerprint density at radius 1 is 1.18 bits per heavy atom. The third-order valence-corrected chi connectivity index (χ3v) is 6.63. The molecular formula is C27H32N3O2Y-. The van der Waals surface area contributed by atoms with E-state index in [9.17, 15) is 9.59 Å². The molecule has 2 atom stereocenters. The van der Waals surface area contributed by atoms with Gasteiger partial charge in [-0.3, -0.25) is 11.4 Å². The van der Waals surface area contributed by atoms with Crippen molar-refractivity contribution in [1.29, 1.82) is 0 Å². The Morgan fingerprint density at radius 2 is 1.97 bits per heavy atom. The van der Waals surface area contributed by atoms with E-state index in [0.29, 0.717) is 18.0 Å². The van der Waals surface area contributed by atoms with Crippen LogP contribution in [0.2, 0.25) is 0 Å². The molecule has 0 saturated carbocycles. The molecule has 0 aliphatic carbocycles. The van der Waals surface area contributed by atoms with Crippen molar-refractivity contribution in [2.45, 2.75) is 52.1 Å². The number of carbonyl (C=O) groups is 2. The van der Waals surface area contributed by atoms with Gasteiger partial charge in [-0.15, -0.1) is 0 Å². The zero-order valence-electron chi connectivity index (χ0n) is 19.6. The Labute approximate surface area is 222 Å². The van der Waals surface area contributed by atoms with E-state index < -0.39 is 0 Å². The molecule has 2 aromatic rings. The maximum atomic E-state index is 13.4. The number of hydrogen-bond donors (Lipinski definition) is 1. The molecule has 5 nitrogen and oxygen atoms in total. The molecule has 2 aliphatic rings. The number of benzene rings is 2. The van der Waals surface area contributed by atoms with Crippen molar-refractivity contribution in [2.24, 2.45) is 5.92 Å². The summed E-state index contributed by atoms with van der Waals surface area (Å²) in [7, 11) is 0. The van der Waals surface area contributed by atoms with E-state index in [1.807, 2.05) is 53.1 Å². The van der Waals surface area contributed by atoms with E-state index >= 15 is 0 Å². The van der Waals surface area contributed by atoms with E-state index in [-0.39, 0.29) is 50.7 Å². The summed E-state index contributed by atoms with van der Waals surface area (Å²) in [5.41, 5.74) is 4.96. The van der Waals surface area contributed by atoms with Gasteiger partial charge in [-0.2, -0.15) is 0 Å². The maximum Gasteiger partial charge on any atom is 0.315 e. The maximum absolute atomic E-state index is 13.4. The largest absolute Gasteiger partial charge is 0.480 e. The van der Waals surface area contributed by atoms with Crippen molar-refractivity contribution >= 4 is 17.6 Å². The number of amides is 3. The van der Waals surface area contributed by atoms with Gasteiger partial charge in [0.2, 0.25) is 0 Å². The molecule has 0 bridgehead atoms. The topological polar surface area (TPSA) is 52.7 Å². The van der Waals surface area contributed by atoms with Crippen LogP contribution >= 0.6 is 0 Å². The molecule has 0 spiro atoms. The molecule has 171 valence electrons. The Balaban J connectivity index is 0.00000306. The van der Waals surface area contributed by atoms with Gasteiger partial charge in [0.1, 0.15) is 0 Å². The minimum Gasteiger partial charge on any atom is -0.480 e. The summed E-state index contributed by atoms with van der Waals surface area (Å²) >= 11 is 0. The van der Waals surface area contributed by atoms with Gasteiger partial charge in [0.15, 0.2) is 0 Å². The zero-order valence-corrected chi connectivity index (χ0v) is 22.5. The molecule has 2 heterocycles. The van der Waals surface area contributed by atoms with Crippen LogP contribution in [0.5, 0.6) is 0 Å². The van der Waals surface area contributed by atoms with Gasteiger partial charge < -0.3 is 21.2 Å². The molecule has 1 fully saturated rings. The molecule has 3 amide bonds. The van der Waals surface area contributed by atoms with Gasteiger partial charge in [0, 0.05) is 63.6 Å². The van der Waals surface area contributed by atoms with Crippen molar-refractivity contribution in [1.82, 2.24) is 10.2 Å². The number of urea groups is 1. The van der Waals surface area contributed by atoms with Crippen LogP contribution in [0.25, 0.3) is 0 Å². The number of para-hydroxylation sites is 1. The fraction of sp³-hybridized carbons (Fsp3) is 0.407. The first-order chi connectivity index (χ1) is 15.5. The average molecular weight is 519 g/mol. The minimum atomic E-state index is -0.0868. The van der Waals surface area contributed by atoms with Crippen LogP contribution in [0.1, 0.15) is 53.2 Å². The summed E-state index contributed by atoms with van der Waals surface area (Å²) in [5.74, 6) is 0.490. The Morgan fingerprint density at radius 3 is 2.73 bits per heavy atom. The number of nitrogens with zero attached hydrogens (tertiary/aromatic N) is 2. The SMILES string of the molecule is C=[C-]C1C[C@@H](C)CN1C(=O)NCc1ccc(C(=O)N2CCCCc3ccccc32)cc1C.[Y]. The van der Waals surface area contributed by atoms with Gasteiger partial charge in [0.05, 0.1) is 0 Å². The van der Waals surface area contributed by atoms with Gasteiger partial charge in [-0.05, 0) is 67.0 Å². The molecular weight excluding hydrogens is 487 g/mol. The summed E-state index contributed by atoms with van der Waals surface area (Å²) in [4.78, 5) is 29.7. The van der Waals surface area contributed by atoms with Gasteiger partial charge in [-0.25, -0.2) is 4.79 Å². The standard InChI is InChI=1S/C27H32N3O2.Y/c1-4-24-15-19(2)18-30(24)27(32)28-17-23-13-12-22(16-20(23)3)26(31)29-14-8-7-10-21-9-5-6-11-25(21)29;/h5-6,9,11-13,16,19,24H,1,7-8,10,14-15,17-18H2,2-3H3,(H,28,32);/q-1;/t19-,24?;/m1./s1. The number of carbonyl (C=O) groups excluding carboxylic acids is 2. The molecule has 0 aromatic heterocycles. The van der Waals surface area contributed by atoms with Crippen molar-refractivity contribution in [3.05, 3.63) is 77.4 Å². The van der Waals surface area contributed by atoms with Gasteiger partial charge >= 0.3 is 6.03 Å². The number of likely N-dealkylation sites (tertiary alicyclic amines) is 1. The van der Waals surface area contributed by atoms with Crippen LogP contribution in [0.15, 0.2) is 49.0 Å². The molecule has 1 radical (unpaired) electrons. The predicted molar refractivity (Wildman–Crippen MR) is 128 cm³/mol. The smallest absolute Gasteiger partial charge is 0.315 e. The summed E-state index contributed by atoms with van der Waals surface area (Å²) < 4.78 is 0. The van der Waals surface area contributed by atoms with Crippen molar-refractivity contribution in [2.75, 3.05) is 18.0 Å². The number of hydrogen-bond acceptors (Lipinski definition) is 2. The third-order valence-electron chi connectivity index (χ3n) is 6.63. The third kappa shape index (κ3) is 5.75. The fourth-order valence-electron chi connectivity index (χ4n) is 4.82. The normalized spacial score (nSPS) is 19.8. The number of anilines is 1. The van der Waals surface area contributed by atoms with Crippen molar-refractivity contribution in [3.63, 3.8) is 0 Å². The second-order valence-corrected chi connectivity index (χ2v) is 9.06. The quantitative estimate of drug-likeness (QED) is 0.586. The van der Waals surface area contributed by atoms with Crippen molar-refractivity contribution in [3.8, 4) is 0 Å². The summed E-state index contributed by atoms with van der Waals surface area (Å²) in [6, 6.07) is 13.9. The van der Waals surface area contributed by atoms with E-state index in [1.54, 1.807) is 0 Å². The molecule has 1 saturated heterocycles. The first-order valence-corrected chi connectivity index (χ1v) is 11.5. The molecule has 33 heavy (non-hydrogen) atoms. The summed E-state index contributed by atoms with van der Waals surface area (Å²) in [6.45, 7) is 9.77. The number of aryl methyl sites for hydroxylation is 2. The molecule has 1 unspecified atom stereocenters. The molecule has 6 heteroatoms. The van der Waals surface area contributed by atoms with E-state index in [1.165, 1.54) is 5.56 Å². The number of rotatable bonds is 4. The summed E-state index contributed by atoms with van der Waals surface area (Å²) in [5, 5.41) is 3.02. The Kier molecular flexibility index (Phi) is 8.89. The predicted octanol–water partition coefficient (Wildman–Crippen LogP) is 4.88. The first kappa shape index (κ1) is 25.6.